The number of aryl methyl sites for hydroxylation is 2. The number of amidine groups is 2. The molecule has 30 heavy (non-hydrogen) atoms. The van der Waals surface area contributed by atoms with Gasteiger partial charge in [0.1, 0.15) is 34.4 Å². The van der Waals surface area contributed by atoms with Crippen molar-refractivity contribution in [3.63, 3.8) is 0 Å². The van der Waals surface area contributed by atoms with Crippen molar-refractivity contribution in [1.82, 2.24) is 5.32 Å². The molecule has 154 valence electrons. The van der Waals surface area contributed by atoms with Crippen molar-refractivity contribution in [1.29, 1.82) is 10.8 Å². The summed E-state index contributed by atoms with van der Waals surface area (Å²) in [6, 6.07) is 15.7. The molecule has 2 aromatic carbocycles. The zero-order chi connectivity index (χ0) is 21.3. The van der Waals surface area contributed by atoms with Crippen LogP contribution in [0.15, 0.2) is 57.4 Å². The summed E-state index contributed by atoms with van der Waals surface area (Å²) in [6.45, 7) is 4.04. The van der Waals surface area contributed by atoms with Crippen LogP contribution in [0.1, 0.15) is 42.9 Å². The minimum Gasteiger partial charge on any atom is -0.461 e. The third-order valence-electron chi connectivity index (χ3n) is 5.01. The molecule has 2 aromatic heterocycles. The molecule has 2 heterocycles. The van der Waals surface area contributed by atoms with E-state index in [4.69, 9.17) is 25.4 Å². The van der Waals surface area contributed by atoms with E-state index in [0.717, 1.165) is 58.3 Å². The maximum atomic E-state index is 8.16. The van der Waals surface area contributed by atoms with Gasteiger partial charge in [0.15, 0.2) is 0 Å². The average molecular weight is 402 g/mol. The van der Waals surface area contributed by atoms with Gasteiger partial charge in [-0.1, -0.05) is 0 Å². The summed E-state index contributed by atoms with van der Waals surface area (Å²) in [5, 5.41) is 20.8. The molecule has 0 saturated heterocycles. The maximum absolute atomic E-state index is 8.16. The molecule has 5 N–H and O–H groups in total. The molecule has 4 rings (SSSR count). The number of nitrogens with two attached hydrogens (primary N) is 1. The molecular formula is C24H26N4O2. The van der Waals surface area contributed by atoms with Crippen LogP contribution in [0.5, 0.6) is 0 Å². The molecule has 0 radical (unpaired) electrons. The van der Waals surface area contributed by atoms with Crippen molar-refractivity contribution in [2.24, 2.45) is 5.73 Å². The van der Waals surface area contributed by atoms with Gasteiger partial charge in [-0.05, 0) is 68.8 Å². The van der Waals surface area contributed by atoms with Crippen LogP contribution < -0.4 is 11.1 Å². The second kappa shape index (κ2) is 8.06. The lowest BCUT2D eigenvalue weighted by Gasteiger charge is -2.10. The van der Waals surface area contributed by atoms with Crippen LogP contribution in [-0.4, -0.2) is 17.7 Å². The SMILES string of the molecule is CC(C)NC(=N)c1ccc2oc(CCCc3cc4cc(C(=N)N)ccc4o3)cc2c1. The summed E-state index contributed by atoms with van der Waals surface area (Å²) >= 11 is 0. The third-order valence-corrected chi connectivity index (χ3v) is 5.01. The lowest BCUT2D eigenvalue weighted by Crippen LogP contribution is -2.30. The van der Waals surface area contributed by atoms with Gasteiger partial charge in [-0.25, -0.2) is 0 Å². The van der Waals surface area contributed by atoms with Gasteiger partial charge < -0.3 is 19.9 Å². The molecule has 0 fully saturated rings. The summed E-state index contributed by atoms with van der Waals surface area (Å²) < 4.78 is 11.9. The maximum Gasteiger partial charge on any atom is 0.134 e. The fourth-order valence-electron chi connectivity index (χ4n) is 3.57. The summed E-state index contributed by atoms with van der Waals surface area (Å²) in [7, 11) is 0. The second-order valence-corrected chi connectivity index (χ2v) is 7.87. The molecule has 0 atom stereocenters. The second-order valence-electron chi connectivity index (χ2n) is 7.87. The third kappa shape index (κ3) is 4.22. The van der Waals surface area contributed by atoms with Gasteiger partial charge in [-0.15, -0.1) is 0 Å². The van der Waals surface area contributed by atoms with Gasteiger partial charge in [-0.3, -0.25) is 10.8 Å². The van der Waals surface area contributed by atoms with Crippen LogP contribution in [0.4, 0.5) is 0 Å². The van der Waals surface area contributed by atoms with Crippen LogP contribution in [0.25, 0.3) is 21.9 Å². The van der Waals surface area contributed by atoms with Gasteiger partial charge in [0.25, 0.3) is 0 Å². The number of nitrogens with one attached hydrogen (secondary N) is 3. The number of hydrogen-bond donors (Lipinski definition) is 4. The van der Waals surface area contributed by atoms with E-state index in [2.05, 4.69) is 11.4 Å². The van der Waals surface area contributed by atoms with Gasteiger partial charge in [0.05, 0.1) is 0 Å². The Morgan fingerprint density at radius 2 is 1.40 bits per heavy atom. The Morgan fingerprint density at radius 1 is 0.867 bits per heavy atom. The first kappa shape index (κ1) is 19.8. The summed E-state index contributed by atoms with van der Waals surface area (Å²) in [6.07, 6.45) is 2.51. The molecule has 0 bridgehead atoms. The van der Waals surface area contributed by atoms with E-state index in [9.17, 15) is 0 Å². The smallest absolute Gasteiger partial charge is 0.134 e. The number of nitrogen functional groups attached to an aromatic ring is 1. The lowest BCUT2D eigenvalue weighted by atomic mass is 10.1. The quantitative estimate of drug-likeness (QED) is 0.258. The number of furan rings is 2. The molecule has 0 aliphatic carbocycles. The highest BCUT2D eigenvalue weighted by Gasteiger charge is 2.10. The van der Waals surface area contributed by atoms with Crippen LogP contribution in [0.2, 0.25) is 0 Å². The lowest BCUT2D eigenvalue weighted by molar-refractivity contribution is 0.510. The van der Waals surface area contributed by atoms with Gasteiger partial charge in [-0.2, -0.15) is 0 Å². The highest BCUT2D eigenvalue weighted by Crippen LogP contribution is 2.24. The number of fused-ring (bicyclic) bond motifs is 2. The molecule has 0 saturated carbocycles. The van der Waals surface area contributed by atoms with E-state index in [0.29, 0.717) is 11.4 Å². The van der Waals surface area contributed by atoms with Crippen LogP contribution in [-0.2, 0) is 12.8 Å². The Labute approximate surface area is 175 Å². The molecule has 6 nitrogen and oxygen atoms in total. The van der Waals surface area contributed by atoms with E-state index in [1.54, 1.807) is 6.07 Å². The average Bonchev–Trinajstić information content (AvgIpc) is 3.28. The van der Waals surface area contributed by atoms with E-state index in [1.807, 2.05) is 50.2 Å². The van der Waals surface area contributed by atoms with Gasteiger partial charge >= 0.3 is 0 Å². The Bertz CT molecular complexity index is 1230. The van der Waals surface area contributed by atoms with E-state index in [1.165, 1.54) is 0 Å². The molecule has 6 heteroatoms. The summed E-state index contributed by atoms with van der Waals surface area (Å²) in [5.41, 5.74) is 8.77. The predicted octanol–water partition coefficient (Wildman–Crippen LogP) is 4.96. The molecular weight excluding hydrogens is 376 g/mol. The Hall–Kier alpha value is -3.54. The van der Waals surface area contributed by atoms with Crippen LogP contribution >= 0.6 is 0 Å². The number of hydrogen-bond acceptors (Lipinski definition) is 4. The fraction of sp³-hybridized carbons (Fsp3) is 0.250. The number of benzene rings is 2. The topological polar surface area (TPSA) is 112 Å². The molecule has 0 amide bonds. The largest absolute Gasteiger partial charge is 0.461 e. The Morgan fingerprint density at radius 3 is 1.93 bits per heavy atom. The molecule has 0 unspecified atom stereocenters. The van der Waals surface area contributed by atoms with Crippen molar-refractivity contribution in [3.05, 3.63) is 71.2 Å². The van der Waals surface area contributed by atoms with Gasteiger partial charge in [0.2, 0.25) is 0 Å². The molecule has 0 aliphatic rings. The van der Waals surface area contributed by atoms with Crippen LogP contribution in [0.3, 0.4) is 0 Å². The normalized spacial score (nSPS) is 11.4. The first-order valence-electron chi connectivity index (χ1n) is 10.1. The predicted molar refractivity (Wildman–Crippen MR) is 121 cm³/mol. The van der Waals surface area contributed by atoms with Crippen molar-refractivity contribution < 1.29 is 8.83 Å². The first-order chi connectivity index (χ1) is 14.4. The minimum absolute atomic E-state index is 0.0582. The Balaban J connectivity index is 1.41. The Kier molecular flexibility index (Phi) is 5.31. The van der Waals surface area contributed by atoms with Crippen molar-refractivity contribution in [3.8, 4) is 0 Å². The minimum atomic E-state index is 0.0582. The van der Waals surface area contributed by atoms with E-state index >= 15 is 0 Å². The van der Waals surface area contributed by atoms with Crippen molar-refractivity contribution >= 4 is 33.6 Å². The summed E-state index contributed by atoms with van der Waals surface area (Å²) in [4.78, 5) is 0. The zero-order valence-corrected chi connectivity index (χ0v) is 17.2. The van der Waals surface area contributed by atoms with E-state index in [-0.39, 0.29) is 11.9 Å². The summed E-state index contributed by atoms with van der Waals surface area (Å²) in [5.74, 6) is 2.33. The van der Waals surface area contributed by atoms with Crippen molar-refractivity contribution in [2.45, 2.75) is 39.2 Å². The monoisotopic (exact) mass is 402 g/mol. The van der Waals surface area contributed by atoms with Crippen molar-refractivity contribution in [2.75, 3.05) is 0 Å². The highest BCUT2D eigenvalue weighted by atomic mass is 16.3. The molecule has 4 aromatic rings. The number of rotatable bonds is 7. The van der Waals surface area contributed by atoms with Gasteiger partial charge in [0, 0.05) is 40.8 Å². The van der Waals surface area contributed by atoms with E-state index < -0.39 is 0 Å². The highest BCUT2D eigenvalue weighted by molar-refractivity contribution is 6.00. The first-order valence-corrected chi connectivity index (χ1v) is 10.1. The standard InChI is InChI=1S/C24H26N4O2/c1-14(2)28-24(27)16-7-9-22-18(11-16)13-20(30-22)5-3-4-19-12-17-10-15(23(25)26)6-8-21(17)29-19/h6-14H,3-5H2,1-2H3,(H3,25,26)(H2,27,28). The molecule has 0 aliphatic heterocycles. The van der Waals surface area contributed by atoms with Crippen LogP contribution in [0, 0.1) is 10.8 Å². The zero-order valence-electron chi connectivity index (χ0n) is 17.2. The fourth-order valence-corrected chi connectivity index (χ4v) is 3.57. The molecule has 0 spiro atoms.